The number of methoxy groups -OCH3 is 2. The average Bonchev–Trinajstić information content (AvgIpc) is 3.36. The predicted octanol–water partition coefficient (Wildman–Crippen LogP) is 3.85. The molecule has 8 nitrogen and oxygen atoms in total. The molecule has 2 heterocycles. The molecule has 158 valence electrons. The highest BCUT2D eigenvalue weighted by Gasteiger charge is 2.31. The zero-order chi connectivity index (χ0) is 21.7. The largest absolute Gasteiger partial charge is 0.493 e. The molecular formula is C23H18O8. The first-order valence-electron chi connectivity index (χ1n) is 9.51. The molecule has 3 aromatic carbocycles. The molecule has 0 unspecified atom stereocenters. The van der Waals surface area contributed by atoms with Crippen LogP contribution in [0.1, 0.15) is 22.8 Å². The molecule has 0 aliphatic carbocycles. The standard InChI is InChI=1S/C23H18O8/c1-11(24)31-16-8-20-19(29-10-30-20)7-15(16)22-14-6-18(27-3)17(26-2)5-12(14)4-13-9-28-23(25)21(13)22/h4-8H,9-10H2,1-3H3. The Morgan fingerprint density at radius 3 is 2.29 bits per heavy atom. The van der Waals surface area contributed by atoms with Gasteiger partial charge in [0.2, 0.25) is 6.79 Å². The maximum absolute atomic E-state index is 12.7. The summed E-state index contributed by atoms with van der Waals surface area (Å²) >= 11 is 0. The van der Waals surface area contributed by atoms with Crippen LogP contribution in [0.25, 0.3) is 21.9 Å². The molecule has 0 N–H and O–H groups in total. The Balaban J connectivity index is 1.89. The van der Waals surface area contributed by atoms with Crippen molar-refractivity contribution in [3.05, 3.63) is 41.5 Å². The number of benzene rings is 3. The van der Waals surface area contributed by atoms with Crippen LogP contribution in [-0.2, 0) is 16.1 Å². The fourth-order valence-electron chi connectivity index (χ4n) is 3.99. The number of carbonyl (C=O) groups is 2. The molecule has 0 aromatic heterocycles. The van der Waals surface area contributed by atoms with Gasteiger partial charge in [0.1, 0.15) is 12.4 Å². The smallest absolute Gasteiger partial charge is 0.339 e. The predicted molar refractivity (Wildman–Crippen MR) is 109 cm³/mol. The average molecular weight is 422 g/mol. The first-order chi connectivity index (χ1) is 15.0. The van der Waals surface area contributed by atoms with Crippen LogP contribution in [0.3, 0.4) is 0 Å². The SMILES string of the molecule is COc1cc2cc3c(c(-c4cc5c(cc4OC(C)=O)OCO5)c2cc1OC)C(=O)OC3. The van der Waals surface area contributed by atoms with Gasteiger partial charge in [-0.1, -0.05) is 0 Å². The number of rotatable bonds is 4. The van der Waals surface area contributed by atoms with Crippen molar-refractivity contribution in [1.29, 1.82) is 0 Å². The summed E-state index contributed by atoms with van der Waals surface area (Å²) in [5, 5.41) is 1.53. The van der Waals surface area contributed by atoms with Crippen molar-refractivity contribution in [2.45, 2.75) is 13.5 Å². The number of carbonyl (C=O) groups excluding carboxylic acids is 2. The summed E-state index contributed by atoms with van der Waals surface area (Å²) in [4.78, 5) is 24.5. The summed E-state index contributed by atoms with van der Waals surface area (Å²) in [6, 6.07) is 8.81. The molecule has 8 heteroatoms. The second-order valence-electron chi connectivity index (χ2n) is 7.09. The molecule has 0 saturated carbocycles. The van der Waals surface area contributed by atoms with Gasteiger partial charge in [-0.2, -0.15) is 0 Å². The van der Waals surface area contributed by atoms with E-state index in [1.807, 2.05) is 12.1 Å². The van der Waals surface area contributed by atoms with Crippen LogP contribution in [0.5, 0.6) is 28.7 Å². The van der Waals surface area contributed by atoms with Crippen molar-refractivity contribution >= 4 is 22.7 Å². The van der Waals surface area contributed by atoms with E-state index in [-0.39, 0.29) is 19.1 Å². The lowest BCUT2D eigenvalue weighted by Gasteiger charge is -2.17. The van der Waals surface area contributed by atoms with E-state index in [1.165, 1.54) is 14.0 Å². The highest BCUT2D eigenvalue weighted by Crippen LogP contribution is 2.48. The highest BCUT2D eigenvalue weighted by atomic mass is 16.7. The van der Waals surface area contributed by atoms with Crippen LogP contribution in [-0.4, -0.2) is 33.0 Å². The molecule has 2 aliphatic heterocycles. The van der Waals surface area contributed by atoms with E-state index in [0.717, 1.165) is 10.9 Å². The first-order valence-corrected chi connectivity index (χ1v) is 9.51. The molecule has 0 amide bonds. The fraction of sp³-hybridized carbons (Fsp3) is 0.217. The van der Waals surface area contributed by atoms with E-state index in [1.54, 1.807) is 25.3 Å². The summed E-state index contributed by atoms with van der Waals surface area (Å²) in [5.41, 5.74) is 2.20. The third kappa shape index (κ3) is 2.99. The van der Waals surface area contributed by atoms with Gasteiger partial charge in [-0.25, -0.2) is 4.79 Å². The Kier molecular flexibility index (Phi) is 4.35. The Bertz CT molecular complexity index is 1260. The molecule has 0 bridgehead atoms. The van der Waals surface area contributed by atoms with Crippen LogP contribution in [0.4, 0.5) is 0 Å². The van der Waals surface area contributed by atoms with E-state index in [2.05, 4.69) is 0 Å². The van der Waals surface area contributed by atoms with Crippen LogP contribution in [0, 0.1) is 0 Å². The summed E-state index contributed by atoms with van der Waals surface area (Å²) in [7, 11) is 3.09. The third-order valence-electron chi connectivity index (χ3n) is 5.29. The van der Waals surface area contributed by atoms with Gasteiger partial charge < -0.3 is 28.4 Å². The lowest BCUT2D eigenvalue weighted by Crippen LogP contribution is -2.05. The number of hydrogen-bond donors (Lipinski definition) is 0. The molecule has 0 radical (unpaired) electrons. The van der Waals surface area contributed by atoms with Crippen LogP contribution < -0.4 is 23.7 Å². The Morgan fingerprint density at radius 2 is 1.58 bits per heavy atom. The molecule has 3 aromatic rings. The summed E-state index contributed by atoms with van der Waals surface area (Å²) < 4.78 is 32.7. The van der Waals surface area contributed by atoms with Gasteiger partial charge >= 0.3 is 11.9 Å². The Hall–Kier alpha value is -3.94. The maximum Gasteiger partial charge on any atom is 0.339 e. The summed E-state index contributed by atoms with van der Waals surface area (Å²) in [6.07, 6.45) is 0. The zero-order valence-electron chi connectivity index (χ0n) is 17.1. The van der Waals surface area contributed by atoms with Crippen molar-refractivity contribution in [2.24, 2.45) is 0 Å². The maximum atomic E-state index is 12.7. The molecule has 5 rings (SSSR count). The number of fused-ring (bicyclic) bond motifs is 3. The van der Waals surface area contributed by atoms with E-state index in [9.17, 15) is 9.59 Å². The molecule has 0 atom stereocenters. The van der Waals surface area contributed by atoms with Crippen molar-refractivity contribution in [2.75, 3.05) is 21.0 Å². The molecule has 31 heavy (non-hydrogen) atoms. The van der Waals surface area contributed by atoms with Gasteiger partial charge in [-0.15, -0.1) is 0 Å². The van der Waals surface area contributed by atoms with E-state index in [4.69, 9.17) is 28.4 Å². The normalized spacial score (nSPS) is 13.7. The first kappa shape index (κ1) is 19.0. The van der Waals surface area contributed by atoms with Gasteiger partial charge in [-0.3, -0.25) is 4.79 Å². The van der Waals surface area contributed by atoms with Gasteiger partial charge in [0.15, 0.2) is 23.0 Å². The minimum atomic E-state index is -0.501. The Morgan fingerprint density at radius 1 is 0.871 bits per heavy atom. The number of esters is 2. The van der Waals surface area contributed by atoms with E-state index in [0.29, 0.717) is 45.1 Å². The molecule has 2 aliphatic rings. The van der Waals surface area contributed by atoms with Crippen molar-refractivity contribution in [1.82, 2.24) is 0 Å². The molecule has 0 fully saturated rings. The van der Waals surface area contributed by atoms with Gasteiger partial charge in [0.25, 0.3) is 0 Å². The van der Waals surface area contributed by atoms with Crippen LogP contribution >= 0.6 is 0 Å². The lowest BCUT2D eigenvalue weighted by molar-refractivity contribution is -0.131. The quantitative estimate of drug-likeness (QED) is 0.463. The van der Waals surface area contributed by atoms with Gasteiger partial charge in [0, 0.05) is 29.7 Å². The molecule has 0 saturated heterocycles. The second kappa shape index (κ2) is 7.09. The van der Waals surface area contributed by atoms with Crippen LogP contribution in [0.2, 0.25) is 0 Å². The summed E-state index contributed by atoms with van der Waals surface area (Å²) in [6.45, 7) is 1.52. The van der Waals surface area contributed by atoms with E-state index < -0.39 is 11.9 Å². The van der Waals surface area contributed by atoms with Crippen molar-refractivity contribution in [3.8, 4) is 39.9 Å². The summed E-state index contributed by atoms with van der Waals surface area (Å²) in [5.74, 6) is 1.30. The molecular weight excluding hydrogens is 404 g/mol. The minimum Gasteiger partial charge on any atom is -0.493 e. The molecule has 0 spiro atoms. The number of hydrogen-bond acceptors (Lipinski definition) is 8. The number of ether oxygens (including phenoxy) is 6. The topological polar surface area (TPSA) is 89.5 Å². The fourth-order valence-corrected chi connectivity index (χ4v) is 3.99. The van der Waals surface area contributed by atoms with Gasteiger partial charge in [0.05, 0.1) is 19.8 Å². The third-order valence-corrected chi connectivity index (χ3v) is 5.29. The number of cyclic esters (lactones) is 1. The highest BCUT2D eigenvalue weighted by molar-refractivity contribution is 6.12. The lowest BCUT2D eigenvalue weighted by atomic mass is 9.89. The monoisotopic (exact) mass is 422 g/mol. The van der Waals surface area contributed by atoms with E-state index >= 15 is 0 Å². The van der Waals surface area contributed by atoms with Crippen molar-refractivity contribution < 1.29 is 38.0 Å². The van der Waals surface area contributed by atoms with Crippen molar-refractivity contribution in [3.63, 3.8) is 0 Å². The zero-order valence-corrected chi connectivity index (χ0v) is 17.1. The van der Waals surface area contributed by atoms with Crippen LogP contribution in [0.15, 0.2) is 30.3 Å². The van der Waals surface area contributed by atoms with Gasteiger partial charge in [-0.05, 0) is 35.0 Å². The Labute approximate surface area is 177 Å². The second-order valence-corrected chi connectivity index (χ2v) is 7.09. The minimum absolute atomic E-state index is 0.0546.